The molecule has 6 nitrogen and oxygen atoms in total. The maximum atomic E-state index is 9.80. The van der Waals surface area contributed by atoms with Crippen LogP contribution in [0.4, 0.5) is 0 Å². The van der Waals surface area contributed by atoms with Gasteiger partial charge in [-0.1, -0.05) is 145 Å². The number of fused-ring (bicyclic) bond motifs is 10. The van der Waals surface area contributed by atoms with E-state index in [1.54, 1.807) is 0 Å². The van der Waals surface area contributed by atoms with Gasteiger partial charge in [0.25, 0.3) is 0 Å². The van der Waals surface area contributed by atoms with Gasteiger partial charge in [-0.3, -0.25) is 4.57 Å². The second kappa shape index (κ2) is 12.3. The summed E-state index contributed by atoms with van der Waals surface area (Å²) in [5.41, 5.74) is -7.96. The Bertz CT molecular complexity index is 5270. The van der Waals surface area contributed by atoms with E-state index in [9.17, 15) is 15.1 Å². The number of hydrogen-bond acceptors (Lipinski definition) is 4. The Morgan fingerprint density at radius 1 is 0.404 bits per heavy atom. The van der Waals surface area contributed by atoms with Crippen molar-refractivity contribution in [3.05, 3.63) is 187 Å². The van der Waals surface area contributed by atoms with Crippen LogP contribution >= 0.6 is 0 Å². The zero-order chi connectivity index (χ0) is 64.4. The Morgan fingerprint density at radius 3 is 1.67 bits per heavy atom. The molecule has 8 aromatic carbocycles. The zero-order valence-electron chi connectivity index (χ0n) is 59.1. The van der Waals surface area contributed by atoms with E-state index < -0.39 is 298 Å². The fourth-order valence-electron chi connectivity index (χ4n) is 6.76. The Kier molecular flexibility index (Phi) is 2.97. The maximum Gasteiger partial charge on any atom is 0.238 e. The minimum absolute atomic E-state index is 0.520. The molecule has 0 aliphatic carbocycles. The molecule has 4 aromatic heterocycles. The van der Waals surface area contributed by atoms with Crippen LogP contribution in [0.1, 0.15) is 42.5 Å². The topological polar surface area (TPSA) is 61.7 Å². The van der Waals surface area contributed by atoms with Crippen LogP contribution in [-0.4, -0.2) is 24.1 Å². The number of aromatic nitrogens is 5. The van der Waals surface area contributed by atoms with Gasteiger partial charge in [0.2, 0.25) is 5.95 Å². The van der Waals surface area contributed by atoms with Gasteiger partial charge in [-0.25, -0.2) is 4.98 Å². The lowest BCUT2D eigenvalue weighted by atomic mass is 9.99. The van der Waals surface area contributed by atoms with E-state index in [1.807, 2.05) is 0 Å². The summed E-state index contributed by atoms with van der Waals surface area (Å²) in [4.78, 5) is 13.6. The molecule has 0 saturated heterocycles. The third-order valence-electron chi connectivity index (χ3n) is 9.04. The molecule has 0 amide bonds. The van der Waals surface area contributed by atoms with Gasteiger partial charge in [0, 0.05) is 49.1 Å². The highest BCUT2D eigenvalue weighted by atomic mass is 16.3. The summed E-state index contributed by atoms with van der Waals surface area (Å²) < 4.78 is 286. The van der Waals surface area contributed by atoms with E-state index in [0.717, 1.165) is 9.13 Å². The average molecular weight is 761 g/mol. The number of nitrogens with zero attached hydrogens (tertiary/aromatic N) is 5. The first-order chi connectivity index (χ1) is 41.2. The number of para-hydroxylation sites is 3. The van der Waals surface area contributed by atoms with Crippen LogP contribution in [0.25, 0.3) is 111 Å². The second-order valence-electron chi connectivity index (χ2n) is 12.1. The third-order valence-corrected chi connectivity index (χ3v) is 9.04. The molecule has 266 valence electrons. The second-order valence-corrected chi connectivity index (χ2v) is 12.1. The van der Waals surface area contributed by atoms with Gasteiger partial charge in [-0.2, -0.15) is 9.97 Å². The van der Waals surface area contributed by atoms with Crippen molar-refractivity contribution < 1.29 is 46.9 Å². The monoisotopic (exact) mass is 760 g/mol. The summed E-state index contributed by atoms with van der Waals surface area (Å²) in [5.74, 6) is -2.89. The predicted octanol–water partition coefficient (Wildman–Crippen LogP) is 13.0. The molecule has 0 bridgehead atoms. The molecule has 0 aliphatic heterocycles. The van der Waals surface area contributed by atoms with Crippen molar-refractivity contribution in [1.29, 1.82) is 0 Å². The van der Waals surface area contributed by atoms with Crippen LogP contribution < -0.4 is 0 Å². The van der Waals surface area contributed by atoms with E-state index in [4.69, 9.17) is 31.8 Å². The molecule has 0 radical (unpaired) electrons. The van der Waals surface area contributed by atoms with Gasteiger partial charge in [0.15, 0.2) is 11.6 Å². The van der Waals surface area contributed by atoms with Crippen LogP contribution in [0.2, 0.25) is 0 Å². The van der Waals surface area contributed by atoms with Crippen LogP contribution in [0, 0.1) is 0 Å². The van der Waals surface area contributed by atoms with Gasteiger partial charge >= 0.3 is 0 Å². The van der Waals surface area contributed by atoms with Crippen LogP contribution in [0.5, 0.6) is 0 Å². The van der Waals surface area contributed by atoms with E-state index >= 15 is 0 Å². The van der Waals surface area contributed by atoms with Crippen molar-refractivity contribution in [3.8, 4) is 45.5 Å². The summed E-state index contributed by atoms with van der Waals surface area (Å²) in [6.07, 6.45) is 0. The molecule has 0 atom stereocenters. The molecule has 0 fully saturated rings. The van der Waals surface area contributed by atoms with Gasteiger partial charge in [-0.05, 0) is 53.4 Å². The molecule has 12 aromatic rings. The highest BCUT2D eigenvalue weighted by molar-refractivity contribution is 6.23. The van der Waals surface area contributed by atoms with Crippen molar-refractivity contribution in [3.63, 3.8) is 0 Å². The Hall–Kier alpha value is -7.83. The van der Waals surface area contributed by atoms with Crippen LogP contribution in [-0.2, 0) is 0 Å². The highest BCUT2D eigenvalue weighted by Gasteiger charge is 2.24. The Balaban J connectivity index is 1.35. The SMILES string of the molecule is [2H]c1c([2H])c([2H])c(-c2nc(-c3c([2H])c([2H])c4c(oc5c([2H])c([2H])c([2H])c(-c6c([2H])c([2H])c([2H])c([2H])c6[2H])c54)c3[2H])nc(-n3c4c([2H])c([2H])c([2H])c([2H])c4c4c([2H])c([2H])c5c6c([2H])c([2H])c([2H])c([2H])c6n(-c6c([2H])c([2H])c([2H])c([2H])c6[2H])c5c43)n2)c([2H])c1[2H]. The normalized spacial score (nSPS) is 19.5. The lowest BCUT2D eigenvalue weighted by Gasteiger charge is -2.13. The minimum atomic E-state index is -1.05. The van der Waals surface area contributed by atoms with Gasteiger partial charge in [0.1, 0.15) is 11.2 Å². The summed E-state index contributed by atoms with van der Waals surface area (Å²) >= 11 is 0. The van der Waals surface area contributed by atoms with Crippen molar-refractivity contribution in [2.24, 2.45) is 0 Å². The van der Waals surface area contributed by atoms with E-state index in [0.29, 0.717) is 0 Å². The fourth-order valence-corrected chi connectivity index (χ4v) is 6.76. The summed E-state index contributed by atoms with van der Waals surface area (Å²) in [7, 11) is 0. The molecule has 0 N–H and O–H groups in total. The first-order valence-electron chi connectivity index (χ1n) is 32.1. The summed E-state index contributed by atoms with van der Waals surface area (Å²) in [5, 5.41) is -3.53. The largest absolute Gasteiger partial charge is 0.456 e. The molecule has 0 aliphatic rings. The fraction of sp³-hybridized carbons (Fsp3) is 0. The molecule has 0 spiro atoms. The molecular weight excluding hydrogens is 699 g/mol. The summed E-state index contributed by atoms with van der Waals surface area (Å²) in [6, 6.07) is -29.0. The molecule has 12 rings (SSSR count). The van der Waals surface area contributed by atoms with Crippen molar-refractivity contribution in [2.45, 2.75) is 0 Å². The standard InChI is InChI=1S/C51H31N5O/c1-4-15-32(16-5-1)36-23-14-26-44-46(36)41-28-27-34(31-45(41)57-44)50-52-49(33-17-6-2-7-18-33)53-51(54-50)56-43-25-13-11-22-38(43)40-30-29-39-37-21-10-12-24-42(37)55(47(39)48(40)56)35-19-8-3-9-20-35/h1-31H/i1D,2D,3D,4D,5D,6D,7D,8D,9D,10D,11D,12D,13D,14D,15D,16D,17D,18D,19D,20D,21D,22D,23D,24D,25D,26D,27D,28D,29D,30D,31D. The third kappa shape index (κ3) is 4.81. The number of furan rings is 1. The predicted molar refractivity (Wildman–Crippen MR) is 232 cm³/mol. The van der Waals surface area contributed by atoms with Crippen LogP contribution in [0.15, 0.2) is 192 Å². The lowest BCUT2D eigenvalue weighted by Crippen LogP contribution is -2.07. The van der Waals surface area contributed by atoms with Crippen molar-refractivity contribution in [2.75, 3.05) is 0 Å². The number of rotatable bonds is 5. The van der Waals surface area contributed by atoms with E-state index in [2.05, 4.69) is 15.0 Å². The Morgan fingerprint density at radius 2 is 0.965 bits per heavy atom. The van der Waals surface area contributed by atoms with Crippen molar-refractivity contribution in [1.82, 2.24) is 24.1 Å². The first-order valence-corrected chi connectivity index (χ1v) is 16.6. The number of benzene rings is 8. The number of hydrogen-bond donors (Lipinski definition) is 0. The van der Waals surface area contributed by atoms with E-state index in [1.165, 1.54) is 0 Å². The molecule has 0 saturated carbocycles. The Labute approximate surface area is 370 Å². The van der Waals surface area contributed by atoms with Crippen LogP contribution in [0.3, 0.4) is 0 Å². The first kappa shape index (κ1) is 13.7. The smallest absolute Gasteiger partial charge is 0.238 e. The summed E-state index contributed by atoms with van der Waals surface area (Å²) in [6.45, 7) is 0. The van der Waals surface area contributed by atoms with Gasteiger partial charge in [-0.15, -0.1) is 0 Å². The quantitative estimate of drug-likeness (QED) is 0.175. The molecule has 4 heterocycles. The molecular formula is C51H31N5O. The van der Waals surface area contributed by atoms with E-state index in [-0.39, 0.29) is 0 Å². The lowest BCUT2D eigenvalue weighted by molar-refractivity contribution is 0.669. The maximum absolute atomic E-state index is 9.80. The molecule has 6 heteroatoms. The molecule has 0 unspecified atom stereocenters. The highest BCUT2D eigenvalue weighted by Crippen LogP contribution is 2.42. The van der Waals surface area contributed by atoms with Crippen molar-refractivity contribution >= 4 is 65.6 Å². The van der Waals surface area contributed by atoms with Gasteiger partial charge in [0.05, 0.1) is 64.6 Å². The molecule has 57 heavy (non-hydrogen) atoms. The average Bonchev–Trinajstić information content (AvgIpc) is 1.52. The minimum Gasteiger partial charge on any atom is -0.456 e. The van der Waals surface area contributed by atoms with Gasteiger partial charge < -0.3 is 8.98 Å². The zero-order valence-corrected chi connectivity index (χ0v) is 28.1.